The van der Waals surface area contributed by atoms with E-state index in [1.807, 2.05) is 24.9 Å². The van der Waals surface area contributed by atoms with Crippen molar-refractivity contribution in [3.8, 4) is 0 Å². The third-order valence-electron chi connectivity index (χ3n) is 3.38. The molecule has 5 nitrogen and oxygen atoms in total. The van der Waals surface area contributed by atoms with Crippen molar-refractivity contribution in [1.82, 2.24) is 14.7 Å². The summed E-state index contributed by atoms with van der Waals surface area (Å²) in [6, 6.07) is 2.02. The molecule has 1 fully saturated rings. The molecule has 2 heterocycles. The number of aryl methyl sites for hydroxylation is 2. The number of piperidine rings is 1. The molecule has 0 radical (unpaired) electrons. The van der Waals surface area contributed by atoms with Crippen LogP contribution in [0.25, 0.3) is 0 Å². The van der Waals surface area contributed by atoms with E-state index in [1.54, 1.807) is 4.68 Å². The molecular formula is C12H20N4O. The molecule has 0 aliphatic carbocycles. The summed E-state index contributed by atoms with van der Waals surface area (Å²) in [5.74, 6) is 0.0586. The fraction of sp³-hybridized carbons (Fsp3) is 0.667. The zero-order valence-corrected chi connectivity index (χ0v) is 10.5. The Balaban J connectivity index is 2.21. The van der Waals surface area contributed by atoms with Crippen LogP contribution in [0.15, 0.2) is 6.07 Å². The molecule has 1 amide bonds. The van der Waals surface area contributed by atoms with Gasteiger partial charge in [-0.15, -0.1) is 0 Å². The van der Waals surface area contributed by atoms with Crippen molar-refractivity contribution in [3.05, 3.63) is 17.5 Å². The quantitative estimate of drug-likeness (QED) is 0.821. The van der Waals surface area contributed by atoms with Crippen molar-refractivity contribution in [2.45, 2.75) is 32.2 Å². The fourth-order valence-corrected chi connectivity index (χ4v) is 2.47. The van der Waals surface area contributed by atoms with Gasteiger partial charge < -0.3 is 10.6 Å². The number of hydrogen-bond donors (Lipinski definition) is 1. The first-order valence-corrected chi connectivity index (χ1v) is 6.15. The lowest BCUT2D eigenvalue weighted by molar-refractivity contribution is 0.0612. The van der Waals surface area contributed by atoms with Gasteiger partial charge in [-0.05, 0) is 32.3 Å². The van der Waals surface area contributed by atoms with Gasteiger partial charge in [-0.25, -0.2) is 0 Å². The standard InChI is InChI=1S/C12H20N4O/c1-9-7-11(15(2)14-9)12(17)16-6-4-3-5-10(16)8-13/h7,10H,3-6,8,13H2,1-2H3. The molecule has 0 bridgehead atoms. The smallest absolute Gasteiger partial charge is 0.272 e. The van der Waals surface area contributed by atoms with Gasteiger partial charge in [-0.1, -0.05) is 0 Å². The summed E-state index contributed by atoms with van der Waals surface area (Å²) in [6.45, 7) is 3.25. The van der Waals surface area contributed by atoms with E-state index in [9.17, 15) is 4.79 Å². The maximum atomic E-state index is 12.4. The van der Waals surface area contributed by atoms with Crippen LogP contribution < -0.4 is 5.73 Å². The van der Waals surface area contributed by atoms with Gasteiger partial charge >= 0.3 is 0 Å². The minimum atomic E-state index is 0.0586. The molecule has 1 unspecified atom stereocenters. The van der Waals surface area contributed by atoms with Crippen molar-refractivity contribution < 1.29 is 4.79 Å². The molecule has 5 heteroatoms. The number of rotatable bonds is 2. The molecule has 17 heavy (non-hydrogen) atoms. The average molecular weight is 236 g/mol. The number of amides is 1. The highest BCUT2D eigenvalue weighted by atomic mass is 16.2. The lowest BCUT2D eigenvalue weighted by atomic mass is 10.0. The van der Waals surface area contributed by atoms with Gasteiger partial charge in [0.15, 0.2) is 0 Å². The first-order chi connectivity index (χ1) is 8.13. The lowest BCUT2D eigenvalue weighted by Crippen LogP contribution is -2.47. The highest BCUT2D eigenvalue weighted by Crippen LogP contribution is 2.19. The fourth-order valence-electron chi connectivity index (χ4n) is 2.47. The molecular weight excluding hydrogens is 216 g/mol. The van der Waals surface area contributed by atoms with Crippen LogP contribution >= 0.6 is 0 Å². The van der Waals surface area contributed by atoms with Crippen LogP contribution in [0, 0.1) is 6.92 Å². The number of carbonyl (C=O) groups excluding carboxylic acids is 1. The van der Waals surface area contributed by atoms with Crippen molar-refractivity contribution in [1.29, 1.82) is 0 Å². The van der Waals surface area contributed by atoms with Crippen LogP contribution in [0.3, 0.4) is 0 Å². The van der Waals surface area contributed by atoms with Gasteiger partial charge in [0.05, 0.1) is 5.69 Å². The Morgan fingerprint density at radius 3 is 2.94 bits per heavy atom. The zero-order valence-electron chi connectivity index (χ0n) is 10.5. The number of carbonyl (C=O) groups is 1. The number of nitrogens with two attached hydrogens (primary N) is 1. The van der Waals surface area contributed by atoms with Gasteiger partial charge in [0.25, 0.3) is 5.91 Å². The van der Waals surface area contributed by atoms with E-state index in [1.165, 1.54) is 0 Å². The SMILES string of the molecule is Cc1cc(C(=O)N2CCCCC2CN)n(C)n1. The van der Waals surface area contributed by atoms with E-state index in [0.717, 1.165) is 31.5 Å². The van der Waals surface area contributed by atoms with Crippen LogP contribution in [0.2, 0.25) is 0 Å². The van der Waals surface area contributed by atoms with Gasteiger partial charge in [0, 0.05) is 26.2 Å². The van der Waals surface area contributed by atoms with Crippen molar-refractivity contribution >= 4 is 5.91 Å². The summed E-state index contributed by atoms with van der Waals surface area (Å²) in [6.07, 6.45) is 3.24. The van der Waals surface area contributed by atoms with E-state index in [-0.39, 0.29) is 11.9 Å². The first-order valence-electron chi connectivity index (χ1n) is 6.15. The second-order valence-electron chi connectivity index (χ2n) is 4.68. The molecule has 0 aromatic carbocycles. The molecule has 0 spiro atoms. The Hall–Kier alpha value is -1.36. The van der Waals surface area contributed by atoms with Gasteiger partial charge in [0.2, 0.25) is 0 Å². The number of likely N-dealkylation sites (tertiary alicyclic amines) is 1. The Kier molecular flexibility index (Phi) is 3.47. The number of hydrogen-bond acceptors (Lipinski definition) is 3. The molecule has 1 saturated heterocycles. The first kappa shape index (κ1) is 12.1. The molecule has 1 aromatic rings. The van der Waals surface area contributed by atoms with Crippen LogP contribution in [-0.4, -0.2) is 39.7 Å². The maximum Gasteiger partial charge on any atom is 0.272 e. The highest BCUT2D eigenvalue weighted by molar-refractivity contribution is 5.93. The topological polar surface area (TPSA) is 64.2 Å². The number of aromatic nitrogens is 2. The van der Waals surface area contributed by atoms with E-state index < -0.39 is 0 Å². The van der Waals surface area contributed by atoms with Gasteiger partial charge in [-0.3, -0.25) is 9.48 Å². The Morgan fingerprint density at radius 1 is 1.59 bits per heavy atom. The molecule has 94 valence electrons. The van der Waals surface area contributed by atoms with Crippen molar-refractivity contribution in [2.24, 2.45) is 12.8 Å². The summed E-state index contributed by atoms with van der Waals surface area (Å²) < 4.78 is 1.65. The van der Waals surface area contributed by atoms with Crippen LogP contribution in [0.5, 0.6) is 0 Å². The average Bonchev–Trinajstić information content (AvgIpc) is 2.67. The molecule has 1 aliphatic heterocycles. The van der Waals surface area contributed by atoms with Gasteiger partial charge in [0.1, 0.15) is 5.69 Å². The molecule has 2 N–H and O–H groups in total. The predicted molar refractivity (Wildman–Crippen MR) is 65.7 cm³/mol. The van der Waals surface area contributed by atoms with E-state index in [0.29, 0.717) is 12.2 Å². The Bertz CT molecular complexity index is 413. The third kappa shape index (κ3) is 2.34. The Labute approximate surface area is 102 Å². The summed E-state index contributed by atoms with van der Waals surface area (Å²) in [5.41, 5.74) is 7.26. The summed E-state index contributed by atoms with van der Waals surface area (Å²) in [5, 5.41) is 4.22. The molecule has 0 saturated carbocycles. The molecule has 2 rings (SSSR count). The third-order valence-corrected chi connectivity index (χ3v) is 3.38. The van der Waals surface area contributed by atoms with Crippen LogP contribution in [0.4, 0.5) is 0 Å². The summed E-state index contributed by atoms with van der Waals surface area (Å²) in [4.78, 5) is 14.3. The van der Waals surface area contributed by atoms with Crippen molar-refractivity contribution in [2.75, 3.05) is 13.1 Å². The summed E-state index contributed by atoms with van der Waals surface area (Å²) in [7, 11) is 1.81. The zero-order chi connectivity index (χ0) is 12.4. The second-order valence-corrected chi connectivity index (χ2v) is 4.68. The van der Waals surface area contributed by atoms with Crippen molar-refractivity contribution in [3.63, 3.8) is 0 Å². The summed E-state index contributed by atoms with van der Waals surface area (Å²) >= 11 is 0. The minimum Gasteiger partial charge on any atom is -0.333 e. The molecule has 1 aromatic heterocycles. The van der Waals surface area contributed by atoms with Crippen LogP contribution in [0.1, 0.15) is 35.4 Å². The lowest BCUT2D eigenvalue weighted by Gasteiger charge is -2.34. The minimum absolute atomic E-state index is 0.0586. The highest BCUT2D eigenvalue weighted by Gasteiger charge is 2.28. The van der Waals surface area contributed by atoms with Crippen LogP contribution in [-0.2, 0) is 7.05 Å². The predicted octanol–water partition coefficient (Wildman–Crippen LogP) is 0.682. The Morgan fingerprint density at radius 2 is 2.35 bits per heavy atom. The second kappa shape index (κ2) is 4.87. The van der Waals surface area contributed by atoms with E-state index >= 15 is 0 Å². The number of nitrogens with zero attached hydrogens (tertiary/aromatic N) is 3. The largest absolute Gasteiger partial charge is 0.333 e. The van der Waals surface area contributed by atoms with Gasteiger partial charge in [-0.2, -0.15) is 5.10 Å². The monoisotopic (exact) mass is 236 g/mol. The van der Waals surface area contributed by atoms with E-state index in [2.05, 4.69) is 5.10 Å². The molecule has 1 aliphatic rings. The maximum absolute atomic E-state index is 12.4. The van der Waals surface area contributed by atoms with E-state index in [4.69, 9.17) is 5.73 Å². The normalized spacial score (nSPS) is 20.6. The molecule has 1 atom stereocenters.